The molecule has 11 heavy (non-hydrogen) atoms. The van der Waals surface area contributed by atoms with Crippen molar-refractivity contribution < 1.29 is 9.53 Å². The first-order valence-electron chi connectivity index (χ1n) is 3.76. The molecule has 1 atom stereocenters. The highest BCUT2D eigenvalue weighted by molar-refractivity contribution is 6.61. The van der Waals surface area contributed by atoms with Crippen LogP contribution in [0.5, 0.6) is 0 Å². The first kappa shape index (κ1) is 8.60. The predicted octanol–water partition coefficient (Wildman–Crippen LogP) is 2.72. The van der Waals surface area contributed by atoms with Crippen LogP contribution in [0, 0.1) is 5.92 Å². The van der Waals surface area contributed by atoms with Crippen molar-refractivity contribution in [3.8, 4) is 0 Å². The lowest BCUT2D eigenvalue weighted by Gasteiger charge is -2.15. The minimum Gasteiger partial charge on any atom is -0.453 e. The van der Waals surface area contributed by atoms with E-state index in [0.29, 0.717) is 12.5 Å². The molecule has 3 heteroatoms. The van der Waals surface area contributed by atoms with Crippen LogP contribution in [0.1, 0.15) is 19.3 Å². The van der Waals surface area contributed by atoms with Crippen LogP contribution in [0.15, 0.2) is 12.2 Å². The summed E-state index contributed by atoms with van der Waals surface area (Å²) in [7, 11) is 0. The number of ether oxygens (including phenoxy) is 1. The number of carbonyl (C=O) groups is 1. The highest BCUT2D eigenvalue weighted by atomic mass is 35.5. The number of allylic oxidation sites excluding steroid dienone is 2. The molecule has 1 aliphatic rings. The van der Waals surface area contributed by atoms with Gasteiger partial charge in [0.1, 0.15) is 0 Å². The summed E-state index contributed by atoms with van der Waals surface area (Å²) in [5, 5.41) is 0. The number of hydrogen-bond donors (Lipinski definition) is 0. The van der Waals surface area contributed by atoms with Crippen LogP contribution < -0.4 is 0 Å². The Kier molecular flexibility index (Phi) is 3.43. The van der Waals surface area contributed by atoms with E-state index in [0.717, 1.165) is 19.3 Å². The third kappa shape index (κ3) is 3.42. The van der Waals surface area contributed by atoms with Crippen LogP contribution in [0.4, 0.5) is 4.79 Å². The lowest BCUT2D eigenvalue weighted by Crippen LogP contribution is -2.11. The molecule has 0 aliphatic heterocycles. The van der Waals surface area contributed by atoms with Gasteiger partial charge < -0.3 is 4.74 Å². The van der Waals surface area contributed by atoms with Crippen molar-refractivity contribution in [2.45, 2.75) is 19.3 Å². The van der Waals surface area contributed by atoms with Gasteiger partial charge in [0.25, 0.3) is 0 Å². The molecule has 0 radical (unpaired) electrons. The van der Waals surface area contributed by atoms with Gasteiger partial charge in [0.15, 0.2) is 0 Å². The summed E-state index contributed by atoms with van der Waals surface area (Å²) in [6, 6.07) is 0. The fraction of sp³-hybridized carbons (Fsp3) is 0.625. The van der Waals surface area contributed by atoms with Crippen LogP contribution in [0.25, 0.3) is 0 Å². The van der Waals surface area contributed by atoms with Crippen molar-refractivity contribution in [3.05, 3.63) is 12.2 Å². The Hall–Kier alpha value is -0.500. The molecule has 2 nitrogen and oxygen atoms in total. The van der Waals surface area contributed by atoms with Gasteiger partial charge in [-0.2, -0.15) is 0 Å². The molecule has 0 bridgehead atoms. The second kappa shape index (κ2) is 4.39. The van der Waals surface area contributed by atoms with Crippen LogP contribution >= 0.6 is 11.6 Å². The van der Waals surface area contributed by atoms with Crippen LogP contribution in [-0.2, 0) is 4.74 Å². The molecule has 1 unspecified atom stereocenters. The summed E-state index contributed by atoms with van der Waals surface area (Å²) >= 11 is 5.02. The first-order chi connectivity index (χ1) is 5.29. The summed E-state index contributed by atoms with van der Waals surface area (Å²) in [4.78, 5) is 10.2. The SMILES string of the molecule is O=C(Cl)OCC1CC=CCC1. The Morgan fingerprint density at radius 1 is 1.64 bits per heavy atom. The summed E-state index contributed by atoms with van der Waals surface area (Å²) in [5.41, 5.74) is -0.695. The van der Waals surface area contributed by atoms with Gasteiger partial charge in [-0.1, -0.05) is 12.2 Å². The van der Waals surface area contributed by atoms with Crippen LogP contribution in [0.2, 0.25) is 0 Å². The third-order valence-electron chi connectivity index (χ3n) is 1.81. The molecule has 0 fully saturated rings. The molecule has 62 valence electrons. The summed E-state index contributed by atoms with van der Waals surface area (Å²) in [5.74, 6) is 0.475. The summed E-state index contributed by atoms with van der Waals surface area (Å²) < 4.78 is 4.67. The van der Waals surface area contributed by atoms with Gasteiger partial charge in [-0.05, 0) is 25.2 Å². The largest absolute Gasteiger partial charge is 0.453 e. The molecule has 0 saturated heterocycles. The minimum absolute atomic E-state index is 0.465. The fourth-order valence-electron chi connectivity index (χ4n) is 1.19. The van der Waals surface area contributed by atoms with E-state index in [4.69, 9.17) is 11.6 Å². The van der Waals surface area contributed by atoms with E-state index >= 15 is 0 Å². The minimum atomic E-state index is -0.695. The molecule has 1 aliphatic carbocycles. The van der Waals surface area contributed by atoms with Crippen molar-refractivity contribution in [1.29, 1.82) is 0 Å². The molecule has 0 heterocycles. The standard InChI is InChI=1S/C8H11ClO2/c9-8(10)11-6-7-4-2-1-3-5-7/h1-2,7H,3-6H2. The van der Waals surface area contributed by atoms with Crippen molar-refractivity contribution in [2.24, 2.45) is 5.92 Å². The fourth-order valence-corrected chi connectivity index (χ4v) is 1.25. The molecule has 0 aromatic heterocycles. The molecule has 0 aromatic rings. The van der Waals surface area contributed by atoms with E-state index in [1.807, 2.05) is 0 Å². The van der Waals surface area contributed by atoms with E-state index < -0.39 is 5.43 Å². The van der Waals surface area contributed by atoms with Gasteiger partial charge in [0, 0.05) is 11.6 Å². The van der Waals surface area contributed by atoms with Crippen LogP contribution in [-0.4, -0.2) is 12.0 Å². The van der Waals surface area contributed by atoms with Gasteiger partial charge in [-0.15, -0.1) is 0 Å². The van der Waals surface area contributed by atoms with E-state index in [9.17, 15) is 4.79 Å². The van der Waals surface area contributed by atoms with Gasteiger partial charge in [0.05, 0.1) is 6.61 Å². The lowest BCUT2D eigenvalue weighted by molar-refractivity contribution is 0.148. The molecule has 0 N–H and O–H groups in total. The zero-order valence-corrected chi connectivity index (χ0v) is 7.01. The molecule has 0 amide bonds. The molecule has 0 aromatic carbocycles. The van der Waals surface area contributed by atoms with Crippen molar-refractivity contribution in [3.63, 3.8) is 0 Å². The number of hydrogen-bond acceptors (Lipinski definition) is 2. The zero-order valence-electron chi connectivity index (χ0n) is 6.25. The highest BCUT2D eigenvalue weighted by Gasteiger charge is 2.11. The molecule has 0 saturated carbocycles. The molecular formula is C8H11ClO2. The maximum Gasteiger partial charge on any atom is 0.403 e. The second-order valence-corrected chi connectivity index (χ2v) is 3.01. The van der Waals surface area contributed by atoms with Gasteiger partial charge in [-0.3, -0.25) is 0 Å². The van der Waals surface area contributed by atoms with E-state index in [2.05, 4.69) is 16.9 Å². The molecule has 0 spiro atoms. The summed E-state index contributed by atoms with van der Waals surface area (Å²) in [6.07, 6.45) is 7.46. The Labute approximate surface area is 71.2 Å². The monoisotopic (exact) mass is 174 g/mol. The highest BCUT2D eigenvalue weighted by Crippen LogP contribution is 2.18. The van der Waals surface area contributed by atoms with Crippen molar-refractivity contribution >= 4 is 17.0 Å². The lowest BCUT2D eigenvalue weighted by atomic mass is 9.95. The normalized spacial score (nSPS) is 23.2. The number of rotatable bonds is 2. The number of halogens is 1. The summed E-state index contributed by atoms with van der Waals surface area (Å²) in [6.45, 7) is 0.465. The predicted molar refractivity (Wildman–Crippen MR) is 43.7 cm³/mol. The average molecular weight is 175 g/mol. The third-order valence-corrected chi connectivity index (χ3v) is 1.92. The van der Waals surface area contributed by atoms with E-state index in [1.54, 1.807) is 0 Å². The van der Waals surface area contributed by atoms with Gasteiger partial charge >= 0.3 is 5.43 Å². The Morgan fingerprint density at radius 3 is 3.00 bits per heavy atom. The molecular weight excluding hydrogens is 164 g/mol. The number of carbonyl (C=O) groups excluding carboxylic acids is 1. The van der Waals surface area contributed by atoms with Crippen molar-refractivity contribution in [2.75, 3.05) is 6.61 Å². The average Bonchev–Trinajstić information content (AvgIpc) is 2.03. The zero-order chi connectivity index (χ0) is 8.10. The topological polar surface area (TPSA) is 26.3 Å². The van der Waals surface area contributed by atoms with Crippen LogP contribution in [0.3, 0.4) is 0 Å². The smallest absolute Gasteiger partial charge is 0.403 e. The second-order valence-electron chi connectivity index (χ2n) is 2.70. The van der Waals surface area contributed by atoms with E-state index in [-0.39, 0.29) is 0 Å². The first-order valence-corrected chi connectivity index (χ1v) is 4.14. The Bertz CT molecular complexity index is 165. The molecule has 1 rings (SSSR count). The van der Waals surface area contributed by atoms with E-state index in [1.165, 1.54) is 0 Å². The van der Waals surface area contributed by atoms with Crippen molar-refractivity contribution in [1.82, 2.24) is 0 Å². The van der Waals surface area contributed by atoms with Gasteiger partial charge in [0.2, 0.25) is 0 Å². The quantitative estimate of drug-likeness (QED) is 0.475. The maximum absolute atomic E-state index is 10.2. The Morgan fingerprint density at radius 2 is 2.45 bits per heavy atom. The Balaban J connectivity index is 2.16. The van der Waals surface area contributed by atoms with Gasteiger partial charge in [-0.25, -0.2) is 4.79 Å². The maximum atomic E-state index is 10.2.